The second kappa shape index (κ2) is 8.73. The average Bonchev–Trinajstić information content (AvgIpc) is 2.55. The molecule has 0 bridgehead atoms. The lowest BCUT2D eigenvalue weighted by Crippen LogP contribution is -2.45. The van der Waals surface area contributed by atoms with E-state index in [9.17, 15) is 14.0 Å². The van der Waals surface area contributed by atoms with Crippen LogP contribution >= 0.6 is 11.6 Å². The van der Waals surface area contributed by atoms with Gasteiger partial charge in [0.1, 0.15) is 18.2 Å². The quantitative estimate of drug-likeness (QED) is 0.682. The summed E-state index contributed by atoms with van der Waals surface area (Å²) in [5, 5.41) is 14.4. The van der Waals surface area contributed by atoms with E-state index in [1.807, 2.05) is 0 Å². The lowest BCUT2D eigenvalue weighted by Gasteiger charge is -2.26. The summed E-state index contributed by atoms with van der Waals surface area (Å²) in [6, 6.07) is 3.73. The maximum absolute atomic E-state index is 13.0. The molecule has 24 heavy (non-hydrogen) atoms. The third-order valence-electron chi connectivity index (χ3n) is 3.96. The van der Waals surface area contributed by atoms with Crippen LogP contribution in [-0.2, 0) is 4.79 Å². The van der Waals surface area contributed by atoms with Crippen molar-refractivity contribution in [2.75, 3.05) is 13.2 Å². The van der Waals surface area contributed by atoms with Crippen LogP contribution in [0.25, 0.3) is 0 Å². The van der Waals surface area contributed by atoms with E-state index in [0.717, 1.165) is 0 Å². The second-order valence-corrected chi connectivity index (χ2v) is 6.12. The molecule has 1 aliphatic carbocycles. The number of carbonyl (C=O) groups is 2. The van der Waals surface area contributed by atoms with Gasteiger partial charge in [0.2, 0.25) is 0 Å². The molecule has 2 amide bonds. The number of amides is 2. The fraction of sp³-hybridized carbons (Fsp3) is 0.500. The number of benzene rings is 1. The fourth-order valence-corrected chi connectivity index (χ4v) is 2.79. The van der Waals surface area contributed by atoms with Crippen LogP contribution in [0.3, 0.4) is 0 Å². The molecule has 8 heteroatoms. The molecule has 0 radical (unpaired) electrons. The Balaban J connectivity index is 1.61. The predicted octanol–water partition coefficient (Wildman–Crippen LogP) is 2.80. The number of halogens is 2. The van der Waals surface area contributed by atoms with Crippen LogP contribution in [0.2, 0.25) is 5.02 Å². The van der Waals surface area contributed by atoms with E-state index >= 15 is 0 Å². The van der Waals surface area contributed by atoms with Crippen LogP contribution in [0.15, 0.2) is 18.2 Å². The van der Waals surface area contributed by atoms with Gasteiger partial charge in [0.15, 0.2) is 0 Å². The minimum absolute atomic E-state index is 0.00239. The Morgan fingerprint density at radius 2 is 2.00 bits per heavy atom. The number of rotatable bonds is 6. The van der Waals surface area contributed by atoms with Crippen LogP contribution in [-0.4, -0.2) is 36.3 Å². The number of ether oxygens (including phenoxy) is 1. The SMILES string of the molecule is O=C(NCCOc1ccc(F)c(Cl)c1)NC1CCC(C(=O)O)CC1. The van der Waals surface area contributed by atoms with Crippen LogP contribution in [0.1, 0.15) is 25.7 Å². The highest BCUT2D eigenvalue weighted by Crippen LogP contribution is 2.24. The fourth-order valence-electron chi connectivity index (χ4n) is 2.62. The largest absolute Gasteiger partial charge is 0.492 e. The molecule has 0 saturated heterocycles. The van der Waals surface area contributed by atoms with E-state index < -0.39 is 11.8 Å². The molecule has 1 aliphatic rings. The molecule has 1 fully saturated rings. The maximum Gasteiger partial charge on any atom is 0.315 e. The highest BCUT2D eigenvalue weighted by atomic mass is 35.5. The van der Waals surface area contributed by atoms with Crippen LogP contribution in [0.5, 0.6) is 5.75 Å². The van der Waals surface area contributed by atoms with E-state index in [1.165, 1.54) is 18.2 Å². The third-order valence-corrected chi connectivity index (χ3v) is 4.25. The van der Waals surface area contributed by atoms with E-state index in [-0.39, 0.29) is 36.2 Å². The number of hydrogen-bond acceptors (Lipinski definition) is 3. The molecule has 3 N–H and O–H groups in total. The zero-order valence-corrected chi connectivity index (χ0v) is 13.8. The molecular formula is C16H20ClFN2O4. The van der Waals surface area contributed by atoms with E-state index in [4.69, 9.17) is 21.4 Å². The maximum atomic E-state index is 13.0. The minimum atomic E-state index is -0.768. The van der Waals surface area contributed by atoms with Gasteiger partial charge in [-0.05, 0) is 37.8 Å². The van der Waals surface area contributed by atoms with Crippen molar-refractivity contribution in [1.29, 1.82) is 0 Å². The third kappa shape index (κ3) is 5.56. The number of aliphatic carboxylic acids is 1. The standard InChI is InChI=1S/C16H20ClFN2O4/c17-13-9-12(5-6-14(13)18)24-8-7-19-16(23)20-11-3-1-10(2-4-11)15(21)22/h5-6,9-11H,1-4,7-8H2,(H,21,22)(H2,19,20,23). The molecule has 1 aromatic rings. The number of urea groups is 1. The summed E-state index contributed by atoms with van der Waals surface area (Å²) in [5.41, 5.74) is 0. The predicted molar refractivity (Wildman–Crippen MR) is 86.8 cm³/mol. The summed E-state index contributed by atoms with van der Waals surface area (Å²) in [6.07, 6.45) is 2.48. The first-order chi connectivity index (χ1) is 11.5. The van der Waals surface area contributed by atoms with Gasteiger partial charge in [-0.1, -0.05) is 11.6 Å². The van der Waals surface area contributed by atoms with Gasteiger partial charge in [0.05, 0.1) is 17.5 Å². The van der Waals surface area contributed by atoms with Crippen molar-refractivity contribution in [2.45, 2.75) is 31.7 Å². The molecule has 6 nitrogen and oxygen atoms in total. The van der Waals surface area contributed by atoms with Gasteiger partial charge in [0.25, 0.3) is 0 Å². The molecule has 0 atom stereocenters. The van der Waals surface area contributed by atoms with E-state index in [2.05, 4.69) is 10.6 Å². The van der Waals surface area contributed by atoms with Gasteiger partial charge in [-0.2, -0.15) is 0 Å². The smallest absolute Gasteiger partial charge is 0.315 e. The highest BCUT2D eigenvalue weighted by Gasteiger charge is 2.26. The monoisotopic (exact) mass is 358 g/mol. The normalized spacial score (nSPS) is 20.2. The average molecular weight is 359 g/mol. The van der Waals surface area contributed by atoms with Gasteiger partial charge in [-0.15, -0.1) is 0 Å². The molecule has 2 rings (SSSR count). The molecule has 0 spiro atoms. The topological polar surface area (TPSA) is 87.7 Å². The molecule has 1 aromatic carbocycles. The van der Waals surface area contributed by atoms with Crippen LogP contribution in [0, 0.1) is 11.7 Å². The van der Waals surface area contributed by atoms with Crippen LogP contribution in [0.4, 0.5) is 9.18 Å². The summed E-state index contributed by atoms with van der Waals surface area (Å²) in [4.78, 5) is 22.6. The first-order valence-electron chi connectivity index (χ1n) is 7.80. The van der Waals surface area contributed by atoms with Crippen molar-refractivity contribution in [3.8, 4) is 5.75 Å². The van der Waals surface area contributed by atoms with Crippen molar-refractivity contribution in [3.05, 3.63) is 29.0 Å². The van der Waals surface area contributed by atoms with Crippen molar-refractivity contribution < 1.29 is 23.8 Å². The minimum Gasteiger partial charge on any atom is -0.492 e. The van der Waals surface area contributed by atoms with Crippen molar-refractivity contribution >= 4 is 23.6 Å². The Bertz CT molecular complexity index is 591. The first-order valence-corrected chi connectivity index (χ1v) is 8.18. The molecule has 0 heterocycles. The molecule has 1 saturated carbocycles. The van der Waals surface area contributed by atoms with E-state index in [0.29, 0.717) is 31.4 Å². The molecular weight excluding hydrogens is 339 g/mol. The Morgan fingerprint density at radius 1 is 1.29 bits per heavy atom. The van der Waals surface area contributed by atoms with Gasteiger partial charge in [0, 0.05) is 12.1 Å². The Hall–Kier alpha value is -2.02. The van der Waals surface area contributed by atoms with Gasteiger partial charge < -0.3 is 20.5 Å². The summed E-state index contributed by atoms with van der Waals surface area (Å²) < 4.78 is 18.4. The number of hydrogen-bond donors (Lipinski definition) is 3. The lowest BCUT2D eigenvalue weighted by atomic mass is 9.86. The zero-order chi connectivity index (χ0) is 17.5. The molecule has 0 unspecified atom stereocenters. The molecule has 0 aliphatic heterocycles. The number of nitrogens with one attached hydrogen (secondary N) is 2. The Labute approximate surface area is 144 Å². The van der Waals surface area contributed by atoms with Gasteiger partial charge in [-0.3, -0.25) is 4.79 Å². The highest BCUT2D eigenvalue weighted by molar-refractivity contribution is 6.30. The number of carboxylic acid groups (broad SMARTS) is 1. The zero-order valence-electron chi connectivity index (χ0n) is 13.1. The number of carboxylic acids is 1. The summed E-state index contributed by atoms with van der Waals surface area (Å²) in [7, 11) is 0. The van der Waals surface area contributed by atoms with Crippen molar-refractivity contribution in [3.63, 3.8) is 0 Å². The molecule has 0 aromatic heterocycles. The van der Waals surface area contributed by atoms with Gasteiger partial charge >= 0.3 is 12.0 Å². The van der Waals surface area contributed by atoms with Gasteiger partial charge in [-0.25, -0.2) is 9.18 Å². The second-order valence-electron chi connectivity index (χ2n) is 5.71. The summed E-state index contributed by atoms with van der Waals surface area (Å²) in [6.45, 7) is 0.506. The van der Waals surface area contributed by atoms with Crippen molar-refractivity contribution in [2.24, 2.45) is 5.92 Å². The summed E-state index contributed by atoms with van der Waals surface area (Å²) >= 11 is 5.64. The van der Waals surface area contributed by atoms with E-state index in [1.54, 1.807) is 0 Å². The summed E-state index contributed by atoms with van der Waals surface area (Å²) in [5.74, 6) is -1.16. The first kappa shape index (κ1) is 18.3. The molecule has 132 valence electrons. The lowest BCUT2D eigenvalue weighted by molar-refractivity contribution is -0.142. The Kier molecular flexibility index (Phi) is 6.66. The van der Waals surface area contributed by atoms with Crippen LogP contribution < -0.4 is 15.4 Å². The number of carbonyl (C=O) groups excluding carboxylic acids is 1. The van der Waals surface area contributed by atoms with Crippen molar-refractivity contribution in [1.82, 2.24) is 10.6 Å². The Morgan fingerprint density at radius 3 is 2.62 bits per heavy atom.